The van der Waals surface area contributed by atoms with Crippen LogP contribution >= 0.6 is 0 Å². The first kappa shape index (κ1) is 11.8. The summed E-state index contributed by atoms with van der Waals surface area (Å²) in [5, 5.41) is 8.73. The smallest absolute Gasteiger partial charge is 0.372 e. The lowest BCUT2D eigenvalue weighted by molar-refractivity contribution is -0.149. The van der Waals surface area contributed by atoms with Crippen LogP contribution in [0.2, 0.25) is 0 Å². The largest absolute Gasteiger partial charge is 0.476 e. The lowest BCUT2D eigenvalue weighted by Gasteiger charge is -2.35. The third-order valence-electron chi connectivity index (χ3n) is 3.63. The van der Waals surface area contributed by atoms with Crippen LogP contribution in [-0.2, 0) is 21.4 Å². The van der Waals surface area contributed by atoms with Gasteiger partial charge in [-0.15, -0.1) is 0 Å². The van der Waals surface area contributed by atoms with Gasteiger partial charge in [-0.2, -0.15) is 0 Å². The molecule has 3 heteroatoms. The molecular weight excluding hydrogens is 216 g/mol. The molecule has 0 saturated heterocycles. The number of carboxylic acid groups (broad SMARTS) is 1. The van der Waals surface area contributed by atoms with Crippen LogP contribution in [0.5, 0.6) is 0 Å². The van der Waals surface area contributed by atoms with Crippen LogP contribution in [0.4, 0.5) is 0 Å². The monoisotopic (exact) mass is 232 g/mol. The molecule has 1 aliphatic rings. The maximum absolute atomic E-state index is 11.4. The molecule has 1 aromatic rings. The van der Waals surface area contributed by atoms with Crippen LogP contribution in [0.15, 0.2) is 24.3 Å². The summed E-state index contributed by atoms with van der Waals surface area (Å²) in [6, 6.07) is 8.03. The van der Waals surface area contributed by atoms with E-state index in [0.29, 0.717) is 0 Å². The second-order valence-corrected chi connectivity index (χ2v) is 4.98. The second kappa shape index (κ2) is 4.32. The number of fused-ring (bicyclic) bond motifs is 1. The van der Waals surface area contributed by atoms with Crippen molar-refractivity contribution >= 4 is 11.8 Å². The van der Waals surface area contributed by atoms with Gasteiger partial charge in [-0.05, 0) is 30.4 Å². The fraction of sp³-hybridized carbons (Fsp3) is 0.429. The topological polar surface area (TPSA) is 54.4 Å². The van der Waals surface area contributed by atoms with Gasteiger partial charge in [-0.25, -0.2) is 4.79 Å². The van der Waals surface area contributed by atoms with Gasteiger partial charge < -0.3 is 5.11 Å². The average Bonchev–Trinajstić information content (AvgIpc) is 2.29. The minimum atomic E-state index is -1.32. The van der Waals surface area contributed by atoms with Gasteiger partial charge in [0.1, 0.15) is 0 Å². The third kappa shape index (κ3) is 2.23. The van der Waals surface area contributed by atoms with E-state index >= 15 is 0 Å². The molecule has 0 aromatic heterocycles. The summed E-state index contributed by atoms with van der Waals surface area (Å²) < 4.78 is 0. The number of ketones is 1. The summed E-state index contributed by atoms with van der Waals surface area (Å²) >= 11 is 0. The lowest BCUT2D eigenvalue weighted by Crippen LogP contribution is -2.32. The highest BCUT2D eigenvalue weighted by Gasteiger charge is 2.35. The predicted octanol–water partition coefficient (Wildman–Crippen LogP) is 2.32. The second-order valence-electron chi connectivity index (χ2n) is 4.98. The molecule has 0 heterocycles. The molecule has 0 bridgehead atoms. The van der Waals surface area contributed by atoms with E-state index in [1.54, 1.807) is 0 Å². The Bertz CT molecular complexity index is 464. The predicted molar refractivity (Wildman–Crippen MR) is 64.0 cm³/mol. The number of rotatable bonds is 3. The Labute approximate surface area is 100 Å². The van der Waals surface area contributed by atoms with Gasteiger partial charge in [0.25, 0.3) is 0 Å². The number of hydrogen-bond acceptors (Lipinski definition) is 2. The number of hydrogen-bond donors (Lipinski definition) is 1. The first-order chi connectivity index (χ1) is 8.03. The molecule has 0 amide bonds. The van der Waals surface area contributed by atoms with Gasteiger partial charge in [0.05, 0.1) is 0 Å². The molecule has 0 fully saturated rings. The van der Waals surface area contributed by atoms with E-state index < -0.39 is 11.8 Å². The Morgan fingerprint density at radius 2 is 2.06 bits per heavy atom. The Kier molecular flexibility index (Phi) is 3.01. The summed E-state index contributed by atoms with van der Waals surface area (Å²) in [5.41, 5.74) is 2.07. The molecule has 2 rings (SSSR count). The zero-order valence-corrected chi connectivity index (χ0v) is 9.90. The summed E-state index contributed by atoms with van der Waals surface area (Å²) in [5.74, 6) is -2.02. The van der Waals surface area contributed by atoms with Gasteiger partial charge in [0, 0.05) is 11.8 Å². The Hall–Kier alpha value is -1.64. The van der Waals surface area contributed by atoms with Crippen LogP contribution in [-0.4, -0.2) is 16.9 Å². The van der Waals surface area contributed by atoms with E-state index in [1.807, 2.05) is 25.1 Å². The summed E-state index contributed by atoms with van der Waals surface area (Å²) in [6.45, 7) is 1.99. The number of carboxylic acids is 1. The van der Waals surface area contributed by atoms with Crippen molar-refractivity contribution in [3.05, 3.63) is 35.4 Å². The minimum absolute atomic E-state index is 0.0966. The van der Waals surface area contributed by atoms with E-state index in [9.17, 15) is 9.59 Å². The van der Waals surface area contributed by atoms with E-state index in [-0.39, 0.29) is 11.8 Å². The summed E-state index contributed by atoms with van der Waals surface area (Å²) in [6.07, 6.45) is 3.01. The number of Topliss-reactive ketones (excluding diaryl/α,β-unsaturated/α-hetero) is 1. The van der Waals surface area contributed by atoms with E-state index in [4.69, 9.17) is 5.11 Å². The molecule has 1 aromatic carbocycles. The quantitative estimate of drug-likeness (QED) is 0.814. The van der Waals surface area contributed by atoms with Crippen molar-refractivity contribution in [3.63, 3.8) is 0 Å². The summed E-state index contributed by atoms with van der Waals surface area (Å²) in [4.78, 5) is 22.1. The van der Waals surface area contributed by atoms with Crippen LogP contribution < -0.4 is 0 Å². The third-order valence-corrected chi connectivity index (χ3v) is 3.63. The van der Waals surface area contributed by atoms with Crippen molar-refractivity contribution in [2.45, 2.75) is 38.0 Å². The van der Waals surface area contributed by atoms with Crippen molar-refractivity contribution in [3.8, 4) is 0 Å². The number of benzene rings is 1. The lowest BCUT2D eigenvalue weighted by atomic mass is 9.69. The SMILES string of the molecule is CC1(CC(=O)C(=O)O)CCCc2ccccc21. The molecule has 90 valence electrons. The number of carbonyl (C=O) groups excluding carboxylic acids is 1. The molecule has 1 N–H and O–H groups in total. The van der Waals surface area contributed by atoms with Crippen molar-refractivity contribution in [1.29, 1.82) is 0 Å². The first-order valence-corrected chi connectivity index (χ1v) is 5.87. The van der Waals surface area contributed by atoms with Crippen molar-refractivity contribution in [1.82, 2.24) is 0 Å². The van der Waals surface area contributed by atoms with Crippen LogP contribution in [0.25, 0.3) is 0 Å². The van der Waals surface area contributed by atoms with Gasteiger partial charge in [-0.1, -0.05) is 31.2 Å². The average molecular weight is 232 g/mol. The molecular formula is C14H16O3. The first-order valence-electron chi connectivity index (χ1n) is 5.87. The van der Waals surface area contributed by atoms with Gasteiger partial charge >= 0.3 is 5.97 Å². The normalized spacial score (nSPS) is 22.9. The Morgan fingerprint density at radius 1 is 1.35 bits per heavy atom. The highest BCUT2D eigenvalue weighted by atomic mass is 16.4. The molecule has 0 spiro atoms. The molecule has 17 heavy (non-hydrogen) atoms. The molecule has 1 unspecified atom stereocenters. The van der Waals surface area contributed by atoms with Crippen LogP contribution in [0.1, 0.15) is 37.3 Å². The Morgan fingerprint density at radius 3 is 2.76 bits per heavy atom. The fourth-order valence-corrected chi connectivity index (χ4v) is 2.74. The van der Waals surface area contributed by atoms with Crippen LogP contribution in [0.3, 0.4) is 0 Å². The van der Waals surface area contributed by atoms with Crippen molar-refractivity contribution in [2.24, 2.45) is 0 Å². The molecule has 0 aliphatic heterocycles. The maximum atomic E-state index is 11.4. The molecule has 1 atom stereocenters. The maximum Gasteiger partial charge on any atom is 0.372 e. The standard InChI is InChI=1S/C14H16O3/c1-14(9-12(15)13(16)17)8-4-6-10-5-2-3-7-11(10)14/h2-3,5,7H,4,6,8-9H2,1H3,(H,16,17). The molecule has 0 saturated carbocycles. The molecule has 3 nitrogen and oxygen atoms in total. The molecule has 0 radical (unpaired) electrons. The number of carbonyl (C=O) groups is 2. The van der Waals surface area contributed by atoms with E-state index in [2.05, 4.69) is 6.07 Å². The number of aliphatic carboxylic acids is 1. The summed E-state index contributed by atoms with van der Waals surface area (Å²) in [7, 11) is 0. The van der Waals surface area contributed by atoms with Crippen LogP contribution in [0, 0.1) is 0 Å². The molecule has 1 aliphatic carbocycles. The Balaban J connectivity index is 2.33. The fourth-order valence-electron chi connectivity index (χ4n) is 2.74. The minimum Gasteiger partial charge on any atom is -0.476 e. The van der Waals surface area contributed by atoms with Gasteiger partial charge in [-0.3, -0.25) is 4.79 Å². The van der Waals surface area contributed by atoms with Crippen molar-refractivity contribution < 1.29 is 14.7 Å². The highest BCUT2D eigenvalue weighted by molar-refractivity contribution is 6.32. The van der Waals surface area contributed by atoms with E-state index in [1.165, 1.54) is 5.56 Å². The zero-order chi connectivity index (χ0) is 12.5. The van der Waals surface area contributed by atoms with Gasteiger partial charge in [0.2, 0.25) is 5.78 Å². The van der Waals surface area contributed by atoms with Gasteiger partial charge in [0.15, 0.2) is 0 Å². The number of aryl methyl sites for hydroxylation is 1. The van der Waals surface area contributed by atoms with Crippen molar-refractivity contribution in [2.75, 3.05) is 0 Å². The highest BCUT2D eigenvalue weighted by Crippen LogP contribution is 2.39. The zero-order valence-electron chi connectivity index (χ0n) is 9.90. The van der Waals surface area contributed by atoms with E-state index in [0.717, 1.165) is 24.8 Å².